The quantitative estimate of drug-likeness (QED) is 0.210. The maximum Gasteiger partial charge on any atom is 0.229 e. The molecule has 1 unspecified atom stereocenters. The van der Waals surface area contributed by atoms with Gasteiger partial charge in [-0.3, -0.25) is 0 Å². The number of aromatic nitrogens is 2. The zero-order valence-electron chi connectivity index (χ0n) is 19.4. The van der Waals surface area contributed by atoms with E-state index < -0.39 is 12.7 Å². The highest BCUT2D eigenvalue weighted by molar-refractivity contribution is 7.70. The van der Waals surface area contributed by atoms with Crippen LogP contribution < -0.4 is 26.0 Å². The van der Waals surface area contributed by atoms with Crippen molar-refractivity contribution in [2.45, 2.75) is 12.5 Å². The van der Waals surface area contributed by atoms with E-state index in [2.05, 4.69) is 25.9 Å². The van der Waals surface area contributed by atoms with Crippen LogP contribution in [0.5, 0.6) is 5.75 Å². The molecule has 0 bridgehead atoms. The summed E-state index contributed by atoms with van der Waals surface area (Å²) in [7, 11) is -0.963. The van der Waals surface area contributed by atoms with Gasteiger partial charge in [-0.15, -0.1) is 11.6 Å². The molecule has 0 aliphatic carbocycles. The van der Waals surface area contributed by atoms with Crippen molar-refractivity contribution < 1.29 is 14.4 Å². The summed E-state index contributed by atoms with van der Waals surface area (Å²) in [4.78, 5) is 8.75. The zero-order valence-corrected chi connectivity index (χ0v) is 21.8. The van der Waals surface area contributed by atoms with E-state index in [1.165, 1.54) is 6.20 Å². The summed E-state index contributed by atoms with van der Waals surface area (Å²) in [5.41, 5.74) is 1.03. The fraction of sp³-hybridized carbons (Fsp3) is 0.304. The lowest BCUT2D eigenvalue weighted by Crippen LogP contribution is -2.35. The molecule has 3 rings (SSSR count). The summed E-state index contributed by atoms with van der Waals surface area (Å²) in [5, 5.41) is 20.6. The van der Waals surface area contributed by atoms with Gasteiger partial charge in [0.25, 0.3) is 0 Å². The topological polar surface area (TPSA) is 108 Å². The minimum Gasteiger partial charge on any atom is -0.494 e. The van der Waals surface area contributed by atoms with Crippen molar-refractivity contribution >= 4 is 64.5 Å². The first-order valence-corrected chi connectivity index (χ1v) is 14.0. The van der Waals surface area contributed by atoms with Crippen LogP contribution in [0.3, 0.4) is 0 Å². The monoisotopic (exact) mass is 523 g/mol. The van der Waals surface area contributed by atoms with Gasteiger partial charge < -0.3 is 30.4 Å². The minimum absolute atomic E-state index is 0.111. The number of halogens is 2. The molecule has 0 amide bonds. The summed E-state index contributed by atoms with van der Waals surface area (Å²) in [6.45, 7) is 5.36. The Morgan fingerprint density at radius 3 is 2.56 bits per heavy atom. The number of alkyl halides is 1. The van der Waals surface area contributed by atoms with Crippen LogP contribution in [0, 0.1) is 0 Å². The second-order valence-electron chi connectivity index (χ2n) is 8.41. The summed E-state index contributed by atoms with van der Waals surface area (Å²) < 4.78 is 18.2. The Morgan fingerprint density at radius 2 is 1.88 bits per heavy atom. The van der Waals surface area contributed by atoms with Crippen molar-refractivity contribution in [3.05, 3.63) is 53.7 Å². The van der Waals surface area contributed by atoms with Crippen molar-refractivity contribution in [3.63, 3.8) is 0 Å². The molecule has 2 aromatic carbocycles. The van der Waals surface area contributed by atoms with Crippen molar-refractivity contribution in [1.82, 2.24) is 9.97 Å². The summed E-state index contributed by atoms with van der Waals surface area (Å²) in [6.07, 6.45) is 1.48. The van der Waals surface area contributed by atoms with Crippen LogP contribution in [0.15, 0.2) is 48.7 Å². The third kappa shape index (κ3) is 6.76. The second kappa shape index (κ2) is 10.8. The van der Waals surface area contributed by atoms with E-state index in [-0.39, 0.29) is 12.4 Å². The molecule has 182 valence electrons. The van der Waals surface area contributed by atoms with Crippen LogP contribution in [0.25, 0.3) is 0 Å². The van der Waals surface area contributed by atoms with E-state index in [4.69, 9.17) is 27.9 Å². The Bertz CT molecular complexity index is 1200. The third-order valence-corrected chi connectivity index (χ3v) is 7.29. The van der Waals surface area contributed by atoms with Crippen LogP contribution in [-0.4, -0.2) is 53.5 Å². The molecule has 0 aliphatic rings. The molecular formula is C23H28Cl2N5O3P. The highest BCUT2D eigenvalue weighted by Crippen LogP contribution is 2.39. The Balaban J connectivity index is 1.82. The van der Waals surface area contributed by atoms with Crippen LogP contribution in [0.2, 0.25) is 5.02 Å². The van der Waals surface area contributed by atoms with Gasteiger partial charge in [0, 0.05) is 23.6 Å². The third-order valence-electron chi connectivity index (χ3n) is 4.89. The first-order valence-electron chi connectivity index (χ1n) is 10.4. The number of nitrogens with zero attached hydrogens (tertiary/aromatic N) is 2. The first-order chi connectivity index (χ1) is 16.0. The molecule has 4 N–H and O–H groups in total. The van der Waals surface area contributed by atoms with Crippen molar-refractivity contribution in [3.8, 4) is 5.75 Å². The van der Waals surface area contributed by atoms with Crippen LogP contribution in [-0.2, 0) is 4.57 Å². The fourth-order valence-electron chi connectivity index (χ4n) is 3.06. The maximum atomic E-state index is 12.7. The van der Waals surface area contributed by atoms with Crippen LogP contribution >= 0.6 is 30.3 Å². The largest absolute Gasteiger partial charge is 0.494 e. The lowest BCUT2D eigenvalue weighted by Gasteiger charge is -2.21. The number of methoxy groups -OCH3 is 1. The number of aliphatic hydroxyl groups is 1. The average molecular weight is 524 g/mol. The molecule has 8 nitrogen and oxygen atoms in total. The van der Waals surface area contributed by atoms with E-state index in [1.54, 1.807) is 39.5 Å². The Hall–Kier alpha value is -2.51. The van der Waals surface area contributed by atoms with E-state index in [0.717, 1.165) is 5.69 Å². The van der Waals surface area contributed by atoms with E-state index in [1.807, 2.05) is 30.3 Å². The van der Waals surface area contributed by atoms with Gasteiger partial charge in [-0.25, -0.2) is 4.98 Å². The summed E-state index contributed by atoms with van der Waals surface area (Å²) in [6, 6.07) is 12.8. The molecule has 0 saturated heterocycles. The molecule has 0 aliphatic heterocycles. The lowest BCUT2D eigenvalue weighted by molar-refractivity contribution is 0.0981. The number of hydrogen-bond acceptors (Lipinski definition) is 8. The smallest absolute Gasteiger partial charge is 0.229 e. The molecule has 0 saturated carbocycles. The number of ether oxygens (including phenoxy) is 1. The molecule has 0 fully saturated rings. The number of rotatable bonds is 10. The van der Waals surface area contributed by atoms with Crippen LogP contribution in [0.1, 0.15) is 6.92 Å². The Labute approximate surface area is 209 Å². The second-order valence-corrected chi connectivity index (χ2v) is 12.3. The van der Waals surface area contributed by atoms with Gasteiger partial charge in [0.2, 0.25) is 5.95 Å². The van der Waals surface area contributed by atoms with Crippen molar-refractivity contribution in [1.29, 1.82) is 0 Å². The van der Waals surface area contributed by atoms with Gasteiger partial charge in [-0.1, -0.05) is 23.7 Å². The predicted octanol–water partition coefficient (Wildman–Crippen LogP) is 5.28. The number of para-hydroxylation sites is 1. The van der Waals surface area contributed by atoms with Crippen LogP contribution in [0.4, 0.5) is 28.8 Å². The number of nitrogens with one attached hydrogen (secondary N) is 3. The first kappa shape index (κ1) is 26.1. The summed E-state index contributed by atoms with van der Waals surface area (Å²) in [5.74, 6) is 1.33. The highest BCUT2D eigenvalue weighted by atomic mass is 35.5. The van der Waals surface area contributed by atoms with Gasteiger partial charge in [-0.05, 0) is 44.5 Å². The molecule has 34 heavy (non-hydrogen) atoms. The highest BCUT2D eigenvalue weighted by Gasteiger charge is 2.19. The molecule has 0 radical (unpaired) electrons. The zero-order chi connectivity index (χ0) is 24.9. The molecule has 1 atom stereocenters. The lowest BCUT2D eigenvalue weighted by atomic mass is 10.1. The molecule has 1 heterocycles. The minimum atomic E-state index is -2.52. The van der Waals surface area contributed by atoms with Gasteiger partial charge in [0.1, 0.15) is 17.9 Å². The fourth-order valence-corrected chi connectivity index (χ4v) is 4.44. The molecular weight excluding hydrogens is 496 g/mol. The average Bonchev–Trinajstić information content (AvgIpc) is 2.80. The number of benzene rings is 2. The number of anilines is 5. The molecule has 1 aromatic heterocycles. The van der Waals surface area contributed by atoms with E-state index >= 15 is 0 Å². The maximum absolute atomic E-state index is 12.7. The molecule has 11 heteroatoms. The Kier molecular flexibility index (Phi) is 8.31. The normalized spacial score (nSPS) is 13.1. The standard InChI is InChI=1S/C23H28Cl2N5O3P/c1-23(31,13-24)14-27-15-9-10-17(19(11-15)33-2)29-22-26-12-16(25)21(30-22)28-18-7-5-6-8-20(18)34(3,4)32/h5-12,27,31H,13-14H2,1-4H3,(H2,26,28,29,30). The Morgan fingerprint density at radius 1 is 1.15 bits per heavy atom. The van der Waals surface area contributed by atoms with Gasteiger partial charge in [0.15, 0.2) is 5.82 Å². The van der Waals surface area contributed by atoms with E-state index in [9.17, 15) is 9.67 Å². The van der Waals surface area contributed by atoms with E-state index in [0.29, 0.717) is 39.2 Å². The van der Waals surface area contributed by atoms with Gasteiger partial charge in [-0.2, -0.15) is 4.98 Å². The number of hydrogen-bond donors (Lipinski definition) is 4. The van der Waals surface area contributed by atoms with Gasteiger partial charge >= 0.3 is 0 Å². The predicted molar refractivity (Wildman–Crippen MR) is 142 cm³/mol. The summed E-state index contributed by atoms with van der Waals surface area (Å²) >= 11 is 12.1. The SMILES string of the molecule is COc1cc(NCC(C)(O)CCl)ccc1Nc1ncc(Cl)c(Nc2ccccc2P(C)(C)=O)n1. The van der Waals surface area contributed by atoms with Crippen molar-refractivity contribution in [2.24, 2.45) is 0 Å². The molecule has 3 aromatic rings. The molecule has 0 spiro atoms. The van der Waals surface area contributed by atoms with Crippen molar-refractivity contribution in [2.75, 3.05) is 48.8 Å². The van der Waals surface area contributed by atoms with Gasteiger partial charge in [0.05, 0.1) is 36.2 Å².